The lowest BCUT2D eigenvalue weighted by atomic mass is 9.67. The van der Waals surface area contributed by atoms with Crippen LogP contribution in [0.5, 0.6) is 0 Å². The summed E-state index contributed by atoms with van der Waals surface area (Å²) >= 11 is 0. The second kappa shape index (κ2) is 9.15. The maximum Gasteiger partial charge on any atom is 0.122 e. The van der Waals surface area contributed by atoms with Gasteiger partial charge in [0, 0.05) is 5.56 Å². The zero-order valence-electron chi connectivity index (χ0n) is 17.7. The Balaban J connectivity index is 1.49. The summed E-state index contributed by atoms with van der Waals surface area (Å²) in [5.74, 6) is 0.857. The molecule has 0 aliphatic heterocycles. The Kier molecular flexibility index (Phi) is 6.35. The first-order valence-electron chi connectivity index (χ1n) is 11.1. The predicted molar refractivity (Wildman–Crippen MR) is 123 cm³/mol. The maximum atomic E-state index is 7.69. The SMILES string of the molecule is N=C(N)c1cccc(-c2cccc(COC34CCCC(CC(=CCCN)C3)C4)c2)c1. The van der Waals surface area contributed by atoms with Crippen LogP contribution in [-0.4, -0.2) is 18.0 Å². The van der Waals surface area contributed by atoms with Gasteiger partial charge in [0.1, 0.15) is 5.84 Å². The fourth-order valence-corrected chi connectivity index (χ4v) is 5.20. The summed E-state index contributed by atoms with van der Waals surface area (Å²) in [6, 6.07) is 16.4. The molecular weight excluding hydrogens is 370 g/mol. The number of rotatable bonds is 7. The molecule has 158 valence electrons. The first-order chi connectivity index (χ1) is 14.6. The van der Waals surface area contributed by atoms with Gasteiger partial charge in [-0.25, -0.2) is 0 Å². The number of ether oxygens (including phenoxy) is 1. The quantitative estimate of drug-likeness (QED) is 0.339. The van der Waals surface area contributed by atoms with Crippen molar-refractivity contribution in [1.82, 2.24) is 0 Å². The largest absolute Gasteiger partial charge is 0.384 e. The van der Waals surface area contributed by atoms with Crippen LogP contribution in [0, 0.1) is 11.3 Å². The lowest BCUT2D eigenvalue weighted by Gasteiger charge is -2.46. The van der Waals surface area contributed by atoms with Crippen LogP contribution in [0.2, 0.25) is 0 Å². The monoisotopic (exact) mass is 403 g/mol. The summed E-state index contributed by atoms with van der Waals surface area (Å²) in [6.45, 7) is 1.36. The number of benzene rings is 2. The van der Waals surface area contributed by atoms with E-state index < -0.39 is 0 Å². The fourth-order valence-electron chi connectivity index (χ4n) is 5.20. The Hall–Kier alpha value is -2.43. The standard InChI is InChI=1S/C26H33N3O/c27-12-4-7-20-13-19-6-3-11-26(16-19,17-20)30-18-21-5-1-8-22(14-21)23-9-2-10-24(15-23)25(28)29/h1-2,5,7-10,14-15,19H,3-4,6,11-13,16-18,27H2,(H3,28,29). The lowest BCUT2D eigenvalue weighted by Crippen LogP contribution is -2.42. The molecule has 2 saturated carbocycles. The van der Waals surface area contributed by atoms with E-state index in [0.717, 1.165) is 48.4 Å². The molecule has 0 amide bonds. The molecule has 4 nitrogen and oxygen atoms in total. The predicted octanol–water partition coefficient (Wildman–Crippen LogP) is 5.15. The summed E-state index contributed by atoms with van der Waals surface area (Å²) in [6.07, 6.45) is 10.6. The van der Waals surface area contributed by atoms with Crippen LogP contribution >= 0.6 is 0 Å². The van der Waals surface area contributed by atoms with Crippen molar-refractivity contribution >= 4 is 5.84 Å². The topological polar surface area (TPSA) is 85.1 Å². The molecule has 0 aromatic heterocycles. The summed E-state index contributed by atoms with van der Waals surface area (Å²) in [5.41, 5.74) is 17.1. The van der Waals surface area contributed by atoms with Crippen molar-refractivity contribution in [1.29, 1.82) is 5.41 Å². The highest BCUT2D eigenvalue weighted by Crippen LogP contribution is 2.47. The molecule has 4 heteroatoms. The number of hydrogen-bond donors (Lipinski definition) is 3. The van der Waals surface area contributed by atoms with Crippen molar-refractivity contribution < 1.29 is 4.74 Å². The first kappa shape index (κ1) is 20.8. The molecule has 2 aromatic carbocycles. The Morgan fingerprint density at radius 3 is 2.77 bits per heavy atom. The van der Waals surface area contributed by atoms with Crippen LogP contribution in [0.15, 0.2) is 60.2 Å². The van der Waals surface area contributed by atoms with Crippen molar-refractivity contribution in [3.8, 4) is 11.1 Å². The molecule has 2 aromatic rings. The molecule has 0 radical (unpaired) electrons. The van der Waals surface area contributed by atoms with Gasteiger partial charge in [-0.1, -0.05) is 54.5 Å². The van der Waals surface area contributed by atoms with Gasteiger partial charge in [0.25, 0.3) is 0 Å². The van der Waals surface area contributed by atoms with Crippen LogP contribution in [0.4, 0.5) is 0 Å². The molecule has 2 aliphatic rings. The van der Waals surface area contributed by atoms with Gasteiger partial charge in [0.2, 0.25) is 0 Å². The zero-order valence-corrected chi connectivity index (χ0v) is 17.7. The number of nitrogen functional groups attached to an aromatic ring is 1. The van der Waals surface area contributed by atoms with Crippen LogP contribution in [0.3, 0.4) is 0 Å². The number of hydrogen-bond acceptors (Lipinski definition) is 3. The van der Waals surface area contributed by atoms with E-state index in [4.69, 9.17) is 21.6 Å². The van der Waals surface area contributed by atoms with E-state index in [1.54, 1.807) is 5.57 Å². The highest BCUT2D eigenvalue weighted by atomic mass is 16.5. The summed E-state index contributed by atoms with van der Waals surface area (Å²) in [4.78, 5) is 0. The minimum atomic E-state index is -0.00779. The van der Waals surface area contributed by atoms with Crippen molar-refractivity contribution in [2.45, 2.75) is 57.2 Å². The fraction of sp³-hybridized carbons (Fsp3) is 0.423. The maximum absolute atomic E-state index is 7.69. The van der Waals surface area contributed by atoms with E-state index in [0.29, 0.717) is 6.61 Å². The molecule has 30 heavy (non-hydrogen) atoms. The van der Waals surface area contributed by atoms with E-state index in [-0.39, 0.29) is 11.4 Å². The van der Waals surface area contributed by atoms with E-state index in [2.05, 4.69) is 36.4 Å². The highest BCUT2D eigenvalue weighted by Gasteiger charge is 2.41. The third-order valence-corrected chi connectivity index (χ3v) is 6.58. The lowest BCUT2D eigenvalue weighted by molar-refractivity contribution is -0.102. The normalized spacial score (nSPS) is 24.7. The van der Waals surface area contributed by atoms with Gasteiger partial charge >= 0.3 is 0 Å². The van der Waals surface area contributed by atoms with Crippen molar-refractivity contribution in [2.24, 2.45) is 17.4 Å². The second-order valence-electron chi connectivity index (χ2n) is 8.95. The number of nitrogens with one attached hydrogen (secondary N) is 1. The third kappa shape index (κ3) is 4.82. The summed E-state index contributed by atoms with van der Waals surface area (Å²) < 4.78 is 6.66. The Morgan fingerprint density at radius 1 is 1.17 bits per heavy atom. The molecule has 2 atom stereocenters. The molecular formula is C26H33N3O. The first-order valence-corrected chi connectivity index (χ1v) is 11.1. The second-order valence-corrected chi connectivity index (χ2v) is 8.95. The van der Waals surface area contributed by atoms with Gasteiger partial charge in [0.15, 0.2) is 0 Å². The molecule has 4 rings (SSSR count). The third-order valence-electron chi connectivity index (χ3n) is 6.58. The number of fused-ring (bicyclic) bond motifs is 2. The van der Waals surface area contributed by atoms with Gasteiger partial charge in [-0.05, 0) is 79.8 Å². The number of amidine groups is 1. The van der Waals surface area contributed by atoms with Gasteiger partial charge in [0.05, 0.1) is 12.2 Å². The van der Waals surface area contributed by atoms with E-state index in [9.17, 15) is 0 Å². The molecule has 2 aliphatic carbocycles. The van der Waals surface area contributed by atoms with Gasteiger partial charge in [-0.2, -0.15) is 0 Å². The Bertz CT molecular complexity index is 935. The van der Waals surface area contributed by atoms with Gasteiger partial charge in [-0.15, -0.1) is 0 Å². The van der Waals surface area contributed by atoms with Crippen LogP contribution in [0.25, 0.3) is 11.1 Å². The molecule has 0 spiro atoms. The average molecular weight is 404 g/mol. The average Bonchev–Trinajstić information content (AvgIpc) is 2.76. The molecule has 2 bridgehead atoms. The minimum absolute atomic E-state index is 0.00779. The molecule has 5 N–H and O–H groups in total. The smallest absolute Gasteiger partial charge is 0.122 e. The highest BCUT2D eigenvalue weighted by molar-refractivity contribution is 5.96. The van der Waals surface area contributed by atoms with Crippen molar-refractivity contribution in [3.05, 3.63) is 71.3 Å². The van der Waals surface area contributed by atoms with Crippen LogP contribution < -0.4 is 11.5 Å². The molecule has 0 heterocycles. The summed E-state index contributed by atoms with van der Waals surface area (Å²) in [7, 11) is 0. The Labute approximate surface area is 179 Å². The van der Waals surface area contributed by atoms with E-state index in [1.165, 1.54) is 31.2 Å². The van der Waals surface area contributed by atoms with Gasteiger partial charge in [-0.3, -0.25) is 5.41 Å². The molecule has 0 saturated heterocycles. The van der Waals surface area contributed by atoms with Crippen molar-refractivity contribution in [2.75, 3.05) is 6.54 Å². The zero-order chi connectivity index (χ0) is 21.0. The van der Waals surface area contributed by atoms with E-state index in [1.807, 2.05) is 18.2 Å². The van der Waals surface area contributed by atoms with E-state index >= 15 is 0 Å². The molecule has 2 unspecified atom stereocenters. The number of nitrogens with two attached hydrogens (primary N) is 2. The Morgan fingerprint density at radius 2 is 1.97 bits per heavy atom. The summed E-state index contributed by atoms with van der Waals surface area (Å²) in [5, 5.41) is 7.69. The van der Waals surface area contributed by atoms with Gasteiger partial charge < -0.3 is 16.2 Å². The van der Waals surface area contributed by atoms with Crippen molar-refractivity contribution in [3.63, 3.8) is 0 Å². The minimum Gasteiger partial charge on any atom is -0.384 e. The van der Waals surface area contributed by atoms with Crippen LogP contribution in [0.1, 0.15) is 56.1 Å². The van der Waals surface area contributed by atoms with Crippen LogP contribution in [-0.2, 0) is 11.3 Å². The molecule has 2 fully saturated rings.